The fourth-order valence-corrected chi connectivity index (χ4v) is 5.75. The molecular formula is C26H18BrClN2O4S. The lowest BCUT2D eigenvalue weighted by atomic mass is 9.95. The second-order valence-corrected chi connectivity index (χ2v) is 10.2. The molecule has 1 amide bonds. The summed E-state index contributed by atoms with van der Waals surface area (Å²) >= 11 is 10.9. The fourth-order valence-electron chi connectivity index (χ4n) is 4.07. The van der Waals surface area contributed by atoms with Gasteiger partial charge in [-0.25, -0.2) is 4.98 Å². The van der Waals surface area contributed by atoms with Gasteiger partial charge in [0, 0.05) is 15.1 Å². The molecule has 1 aliphatic heterocycles. The molecule has 0 saturated carbocycles. The number of fused-ring (bicyclic) bond motifs is 1. The number of aliphatic hydroxyl groups excluding tert-OH is 1. The van der Waals surface area contributed by atoms with Gasteiger partial charge < -0.3 is 9.84 Å². The van der Waals surface area contributed by atoms with E-state index in [0.717, 1.165) is 9.17 Å². The largest absolute Gasteiger partial charge is 0.507 e. The normalized spacial score (nSPS) is 17.3. The van der Waals surface area contributed by atoms with Crippen LogP contribution in [0.4, 0.5) is 5.13 Å². The molecule has 1 unspecified atom stereocenters. The Bertz CT molecular complexity index is 1520. The van der Waals surface area contributed by atoms with Crippen LogP contribution in [0.1, 0.15) is 24.1 Å². The number of ether oxygens (including phenoxy) is 1. The van der Waals surface area contributed by atoms with E-state index in [1.807, 2.05) is 31.2 Å². The van der Waals surface area contributed by atoms with Gasteiger partial charge in [-0.05, 0) is 55.0 Å². The number of aromatic nitrogens is 1. The molecule has 1 N–H and O–H groups in total. The zero-order valence-corrected chi connectivity index (χ0v) is 21.5. The van der Waals surface area contributed by atoms with E-state index in [9.17, 15) is 14.7 Å². The number of aliphatic hydroxyl groups is 1. The molecule has 4 aromatic rings. The first-order chi connectivity index (χ1) is 16.9. The predicted molar refractivity (Wildman–Crippen MR) is 141 cm³/mol. The Hall–Kier alpha value is -3.20. The van der Waals surface area contributed by atoms with Gasteiger partial charge in [0.25, 0.3) is 5.78 Å². The van der Waals surface area contributed by atoms with Gasteiger partial charge in [0.05, 0.1) is 28.4 Å². The van der Waals surface area contributed by atoms with E-state index < -0.39 is 17.7 Å². The minimum atomic E-state index is -0.876. The van der Waals surface area contributed by atoms with E-state index in [0.29, 0.717) is 39.2 Å². The maximum atomic E-state index is 13.4. The fraction of sp³-hybridized carbons (Fsp3) is 0.115. The highest BCUT2D eigenvalue weighted by atomic mass is 79.9. The lowest BCUT2D eigenvalue weighted by Crippen LogP contribution is -2.29. The van der Waals surface area contributed by atoms with Crippen LogP contribution in [0.25, 0.3) is 16.0 Å². The topological polar surface area (TPSA) is 79.7 Å². The van der Waals surface area contributed by atoms with Crippen LogP contribution in [0, 0.1) is 0 Å². The first-order valence-corrected chi connectivity index (χ1v) is 12.7. The number of nitrogens with zero attached hydrogens (tertiary/aromatic N) is 2. The molecule has 1 atom stereocenters. The molecule has 0 radical (unpaired) electrons. The number of rotatable bonds is 5. The SMILES string of the molecule is CCOc1cccc(C(O)=C2C(=O)C(=O)N(c3nc4ccc(Cl)cc4s3)C2c2cccc(Br)c2)c1. The van der Waals surface area contributed by atoms with Crippen molar-refractivity contribution in [1.82, 2.24) is 4.98 Å². The highest BCUT2D eigenvalue weighted by Gasteiger charge is 2.48. The van der Waals surface area contributed by atoms with Crippen molar-refractivity contribution >= 4 is 71.7 Å². The van der Waals surface area contributed by atoms with Gasteiger partial charge in [-0.15, -0.1) is 0 Å². The number of carbonyl (C=O) groups excluding carboxylic acids is 2. The molecule has 1 fully saturated rings. The average Bonchev–Trinajstić information content (AvgIpc) is 3.37. The number of thiazole rings is 1. The van der Waals surface area contributed by atoms with Gasteiger partial charge in [-0.1, -0.05) is 63.1 Å². The van der Waals surface area contributed by atoms with E-state index >= 15 is 0 Å². The Morgan fingerprint density at radius 1 is 1.14 bits per heavy atom. The average molecular weight is 570 g/mol. The summed E-state index contributed by atoms with van der Waals surface area (Å²) in [6, 6.07) is 18.5. The number of Topliss-reactive ketones (excluding diaryl/α,β-unsaturated/α-hetero) is 1. The van der Waals surface area contributed by atoms with Crippen LogP contribution in [0.2, 0.25) is 5.02 Å². The Morgan fingerprint density at radius 3 is 2.71 bits per heavy atom. The van der Waals surface area contributed by atoms with Crippen molar-refractivity contribution in [2.75, 3.05) is 11.5 Å². The predicted octanol–water partition coefficient (Wildman–Crippen LogP) is 6.74. The number of anilines is 1. The summed E-state index contributed by atoms with van der Waals surface area (Å²) in [5.41, 5.74) is 1.68. The monoisotopic (exact) mass is 568 g/mol. The first kappa shape index (κ1) is 23.5. The first-order valence-electron chi connectivity index (χ1n) is 10.7. The number of halogens is 2. The molecule has 3 aromatic carbocycles. The Labute approximate surface area is 218 Å². The molecule has 6 nitrogen and oxygen atoms in total. The second-order valence-electron chi connectivity index (χ2n) is 7.79. The van der Waals surface area contributed by atoms with Crippen LogP contribution in [0.15, 0.2) is 76.8 Å². The van der Waals surface area contributed by atoms with Crippen LogP contribution < -0.4 is 9.64 Å². The van der Waals surface area contributed by atoms with Gasteiger partial charge in [-0.2, -0.15) is 0 Å². The van der Waals surface area contributed by atoms with Crippen molar-refractivity contribution in [2.45, 2.75) is 13.0 Å². The van der Waals surface area contributed by atoms with E-state index in [4.69, 9.17) is 16.3 Å². The lowest BCUT2D eigenvalue weighted by Gasteiger charge is -2.23. The highest BCUT2D eigenvalue weighted by Crippen LogP contribution is 2.45. The van der Waals surface area contributed by atoms with E-state index in [1.54, 1.807) is 42.5 Å². The van der Waals surface area contributed by atoms with Crippen LogP contribution in [0.5, 0.6) is 5.75 Å². The third-order valence-electron chi connectivity index (χ3n) is 5.57. The molecule has 0 spiro atoms. The summed E-state index contributed by atoms with van der Waals surface area (Å²) < 4.78 is 7.10. The third-order valence-corrected chi connectivity index (χ3v) is 7.32. The minimum absolute atomic E-state index is 0.0148. The zero-order valence-electron chi connectivity index (χ0n) is 18.4. The van der Waals surface area contributed by atoms with Crippen LogP contribution in [-0.2, 0) is 9.59 Å². The molecule has 2 heterocycles. The number of amides is 1. The van der Waals surface area contributed by atoms with Crippen LogP contribution in [0.3, 0.4) is 0 Å². The summed E-state index contributed by atoms with van der Waals surface area (Å²) in [4.78, 5) is 32.7. The van der Waals surface area contributed by atoms with Crippen LogP contribution >= 0.6 is 38.9 Å². The maximum Gasteiger partial charge on any atom is 0.301 e. The molecule has 1 saturated heterocycles. The van der Waals surface area contributed by atoms with Gasteiger partial charge in [0.2, 0.25) is 0 Å². The summed E-state index contributed by atoms with van der Waals surface area (Å²) in [6.07, 6.45) is 0. The van der Waals surface area contributed by atoms with Gasteiger partial charge in [0.1, 0.15) is 11.5 Å². The molecule has 35 heavy (non-hydrogen) atoms. The third kappa shape index (κ3) is 4.33. The summed E-state index contributed by atoms with van der Waals surface area (Å²) in [5.74, 6) is -1.27. The molecular weight excluding hydrogens is 552 g/mol. The lowest BCUT2D eigenvalue weighted by molar-refractivity contribution is -0.132. The van der Waals surface area contributed by atoms with Crippen molar-refractivity contribution in [2.24, 2.45) is 0 Å². The van der Waals surface area contributed by atoms with Gasteiger partial charge >= 0.3 is 5.91 Å². The van der Waals surface area contributed by atoms with Crippen molar-refractivity contribution in [3.63, 3.8) is 0 Å². The van der Waals surface area contributed by atoms with Crippen LogP contribution in [-0.4, -0.2) is 28.4 Å². The van der Waals surface area contributed by atoms with E-state index in [1.165, 1.54) is 16.2 Å². The van der Waals surface area contributed by atoms with Gasteiger partial charge in [0.15, 0.2) is 5.13 Å². The van der Waals surface area contributed by atoms with Crippen molar-refractivity contribution in [1.29, 1.82) is 0 Å². The molecule has 0 bridgehead atoms. The summed E-state index contributed by atoms with van der Waals surface area (Å²) in [7, 11) is 0. The molecule has 1 aromatic heterocycles. The quantitative estimate of drug-likeness (QED) is 0.164. The molecule has 9 heteroatoms. The number of carbonyl (C=O) groups is 2. The van der Waals surface area contributed by atoms with E-state index in [-0.39, 0.29) is 11.3 Å². The number of hydrogen-bond acceptors (Lipinski definition) is 6. The van der Waals surface area contributed by atoms with E-state index in [2.05, 4.69) is 20.9 Å². The second kappa shape index (κ2) is 9.45. The number of ketones is 1. The zero-order chi connectivity index (χ0) is 24.7. The van der Waals surface area contributed by atoms with Crippen molar-refractivity contribution in [3.05, 3.63) is 92.9 Å². The smallest absolute Gasteiger partial charge is 0.301 e. The Balaban J connectivity index is 1.72. The minimum Gasteiger partial charge on any atom is -0.507 e. The van der Waals surface area contributed by atoms with Crippen molar-refractivity contribution in [3.8, 4) is 5.75 Å². The molecule has 0 aliphatic carbocycles. The number of hydrogen-bond donors (Lipinski definition) is 1. The van der Waals surface area contributed by atoms with Crippen molar-refractivity contribution < 1.29 is 19.4 Å². The molecule has 176 valence electrons. The summed E-state index contributed by atoms with van der Waals surface area (Å²) in [6.45, 7) is 2.31. The molecule has 1 aliphatic rings. The highest BCUT2D eigenvalue weighted by molar-refractivity contribution is 9.10. The van der Waals surface area contributed by atoms with Gasteiger partial charge in [-0.3, -0.25) is 14.5 Å². The maximum absolute atomic E-state index is 13.4. The number of benzene rings is 3. The Kier molecular flexibility index (Phi) is 6.35. The molecule has 5 rings (SSSR count). The standard InChI is InChI=1S/C26H18BrClN2O4S/c1-2-34-18-8-4-6-15(12-18)23(31)21-22(14-5-3-7-16(27)11-14)30(25(33)24(21)32)26-29-19-10-9-17(28)13-20(19)35-26/h3-13,22,31H,2H2,1H3. The summed E-state index contributed by atoms with van der Waals surface area (Å²) in [5, 5.41) is 12.2. The Morgan fingerprint density at radius 2 is 1.94 bits per heavy atom.